The van der Waals surface area contributed by atoms with Crippen molar-refractivity contribution in [1.82, 2.24) is 10.3 Å². The van der Waals surface area contributed by atoms with E-state index in [-0.39, 0.29) is 29.8 Å². The molecule has 5 heteroatoms. The van der Waals surface area contributed by atoms with E-state index >= 15 is 0 Å². The lowest BCUT2D eigenvalue weighted by atomic mass is 9.86. The number of carbonyl (C=O) groups is 1. The topological polar surface area (TPSA) is 68.0 Å². The number of nitrogens with one attached hydrogen (secondary N) is 1. The van der Waals surface area contributed by atoms with Crippen LogP contribution in [0.25, 0.3) is 10.8 Å². The van der Waals surface area contributed by atoms with E-state index in [4.69, 9.17) is 5.73 Å². The Bertz CT molecular complexity index is 617. The Morgan fingerprint density at radius 1 is 1.29 bits per heavy atom. The van der Waals surface area contributed by atoms with Gasteiger partial charge < -0.3 is 11.1 Å². The van der Waals surface area contributed by atoms with Gasteiger partial charge in [-0.1, -0.05) is 45.0 Å². The molecule has 1 aromatic carbocycles. The summed E-state index contributed by atoms with van der Waals surface area (Å²) in [6.45, 7) is 6.57. The molecule has 1 aromatic heterocycles. The Hall–Kier alpha value is -1.65. The Balaban J connectivity index is 0.00000220. The van der Waals surface area contributed by atoms with Crippen LogP contribution in [0.5, 0.6) is 0 Å². The molecule has 21 heavy (non-hydrogen) atoms. The van der Waals surface area contributed by atoms with E-state index in [1.807, 2.05) is 30.3 Å². The van der Waals surface area contributed by atoms with Crippen LogP contribution in [0.15, 0.2) is 36.5 Å². The molecule has 0 radical (unpaired) electrons. The lowest BCUT2D eigenvalue weighted by Gasteiger charge is -2.30. The van der Waals surface area contributed by atoms with Gasteiger partial charge in [0.15, 0.2) is 0 Å². The van der Waals surface area contributed by atoms with E-state index in [1.54, 1.807) is 6.20 Å². The summed E-state index contributed by atoms with van der Waals surface area (Å²) in [6.07, 6.45) is 1.66. The molecule has 0 fully saturated rings. The third kappa shape index (κ3) is 3.93. The van der Waals surface area contributed by atoms with Gasteiger partial charge in [0.25, 0.3) is 5.91 Å². The van der Waals surface area contributed by atoms with Gasteiger partial charge in [0, 0.05) is 24.2 Å². The Morgan fingerprint density at radius 2 is 1.95 bits per heavy atom. The van der Waals surface area contributed by atoms with Gasteiger partial charge >= 0.3 is 0 Å². The highest BCUT2D eigenvalue weighted by Gasteiger charge is 2.26. The highest BCUT2D eigenvalue weighted by atomic mass is 35.5. The summed E-state index contributed by atoms with van der Waals surface area (Å²) in [4.78, 5) is 16.7. The number of hydrogen-bond acceptors (Lipinski definition) is 3. The largest absolute Gasteiger partial charge is 0.346 e. The van der Waals surface area contributed by atoms with Crippen molar-refractivity contribution < 1.29 is 4.79 Å². The number of fused-ring (bicyclic) bond motifs is 1. The SMILES string of the molecule is CC(C)(C)C(CN)NC(=O)c1nccc2ccccc12.Cl. The molecule has 0 bridgehead atoms. The Labute approximate surface area is 131 Å². The molecule has 2 aromatic rings. The van der Waals surface area contributed by atoms with Crippen LogP contribution in [0.2, 0.25) is 0 Å². The summed E-state index contributed by atoms with van der Waals surface area (Å²) in [6, 6.07) is 9.54. The molecule has 0 saturated heterocycles. The Kier molecular flexibility index (Phi) is 5.70. The summed E-state index contributed by atoms with van der Waals surface area (Å²) in [7, 11) is 0. The van der Waals surface area contributed by atoms with E-state index in [9.17, 15) is 4.79 Å². The number of benzene rings is 1. The van der Waals surface area contributed by atoms with Crippen molar-refractivity contribution in [2.75, 3.05) is 6.54 Å². The van der Waals surface area contributed by atoms with Crippen molar-refractivity contribution in [3.05, 3.63) is 42.2 Å². The minimum absolute atomic E-state index is 0. The molecular formula is C16H22ClN3O. The van der Waals surface area contributed by atoms with Crippen LogP contribution in [0.4, 0.5) is 0 Å². The molecule has 1 heterocycles. The lowest BCUT2D eigenvalue weighted by Crippen LogP contribution is -2.48. The molecule has 1 atom stereocenters. The second kappa shape index (κ2) is 6.87. The average molecular weight is 308 g/mol. The number of nitrogens with two attached hydrogens (primary N) is 1. The molecule has 0 saturated carbocycles. The van der Waals surface area contributed by atoms with Crippen molar-refractivity contribution in [2.24, 2.45) is 11.1 Å². The quantitative estimate of drug-likeness (QED) is 0.916. The maximum Gasteiger partial charge on any atom is 0.270 e. The van der Waals surface area contributed by atoms with Crippen LogP contribution in [0.1, 0.15) is 31.3 Å². The van der Waals surface area contributed by atoms with Crippen LogP contribution in [-0.2, 0) is 0 Å². The van der Waals surface area contributed by atoms with Crippen molar-refractivity contribution in [2.45, 2.75) is 26.8 Å². The number of amides is 1. The molecule has 0 aliphatic carbocycles. The minimum Gasteiger partial charge on any atom is -0.346 e. The Morgan fingerprint density at radius 3 is 2.57 bits per heavy atom. The molecule has 114 valence electrons. The van der Waals surface area contributed by atoms with Gasteiger partial charge in [0.1, 0.15) is 5.69 Å². The second-order valence-corrected chi connectivity index (χ2v) is 6.01. The predicted octanol–water partition coefficient (Wildman–Crippen LogP) is 2.76. The van der Waals surface area contributed by atoms with Gasteiger partial charge in [-0.15, -0.1) is 12.4 Å². The summed E-state index contributed by atoms with van der Waals surface area (Å²) in [5.41, 5.74) is 6.12. The fourth-order valence-corrected chi connectivity index (χ4v) is 2.16. The van der Waals surface area contributed by atoms with Crippen LogP contribution in [0.3, 0.4) is 0 Å². The van der Waals surface area contributed by atoms with Crippen LogP contribution in [0, 0.1) is 5.41 Å². The van der Waals surface area contributed by atoms with Crippen molar-refractivity contribution in [3.8, 4) is 0 Å². The zero-order chi connectivity index (χ0) is 14.8. The monoisotopic (exact) mass is 307 g/mol. The molecule has 3 N–H and O–H groups in total. The van der Waals surface area contributed by atoms with Crippen molar-refractivity contribution in [3.63, 3.8) is 0 Å². The predicted molar refractivity (Wildman–Crippen MR) is 88.8 cm³/mol. The number of rotatable bonds is 3. The number of halogens is 1. The first-order valence-corrected chi connectivity index (χ1v) is 6.78. The molecule has 2 rings (SSSR count). The maximum absolute atomic E-state index is 12.4. The molecule has 0 aliphatic heterocycles. The molecule has 0 spiro atoms. The van der Waals surface area contributed by atoms with Gasteiger partial charge in [-0.05, 0) is 16.9 Å². The average Bonchev–Trinajstić information content (AvgIpc) is 2.42. The van der Waals surface area contributed by atoms with Gasteiger partial charge in [-0.3, -0.25) is 9.78 Å². The first-order valence-electron chi connectivity index (χ1n) is 6.78. The van der Waals surface area contributed by atoms with E-state index in [0.29, 0.717) is 12.2 Å². The van der Waals surface area contributed by atoms with Gasteiger partial charge in [-0.2, -0.15) is 0 Å². The number of hydrogen-bond donors (Lipinski definition) is 2. The van der Waals surface area contributed by atoms with Crippen LogP contribution < -0.4 is 11.1 Å². The van der Waals surface area contributed by atoms with Crippen molar-refractivity contribution >= 4 is 29.1 Å². The summed E-state index contributed by atoms with van der Waals surface area (Å²) < 4.78 is 0. The second-order valence-electron chi connectivity index (χ2n) is 6.01. The summed E-state index contributed by atoms with van der Waals surface area (Å²) in [5.74, 6) is -0.174. The van der Waals surface area contributed by atoms with Gasteiger partial charge in [0.05, 0.1) is 0 Å². The molecule has 4 nitrogen and oxygen atoms in total. The number of aromatic nitrogens is 1. The van der Waals surface area contributed by atoms with Crippen LogP contribution in [-0.4, -0.2) is 23.5 Å². The zero-order valence-electron chi connectivity index (χ0n) is 12.6. The fourth-order valence-electron chi connectivity index (χ4n) is 2.16. The highest BCUT2D eigenvalue weighted by Crippen LogP contribution is 2.20. The summed E-state index contributed by atoms with van der Waals surface area (Å²) >= 11 is 0. The number of nitrogens with zero attached hydrogens (tertiary/aromatic N) is 1. The minimum atomic E-state index is -0.174. The zero-order valence-corrected chi connectivity index (χ0v) is 13.4. The fraction of sp³-hybridized carbons (Fsp3) is 0.375. The molecule has 0 aliphatic rings. The normalized spacial score (nSPS) is 12.6. The van der Waals surface area contributed by atoms with Gasteiger partial charge in [-0.25, -0.2) is 0 Å². The molecule has 1 amide bonds. The first kappa shape index (κ1) is 17.4. The highest BCUT2D eigenvalue weighted by molar-refractivity contribution is 6.05. The molecular weight excluding hydrogens is 286 g/mol. The van der Waals surface area contributed by atoms with E-state index < -0.39 is 0 Å². The number of carbonyl (C=O) groups excluding carboxylic acids is 1. The standard InChI is InChI=1S/C16H21N3O.ClH/c1-16(2,3)13(10-17)19-15(20)14-12-7-5-4-6-11(12)8-9-18-14;/h4-9,13H,10,17H2,1-3H3,(H,19,20);1H. The van der Waals surface area contributed by atoms with E-state index in [2.05, 4.69) is 31.1 Å². The smallest absolute Gasteiger partial charge is 0.270 e. The van der Waals surface area contributed by atoms with Crippen LogP contribution >= 0.6 is 12.4 Å². The number of pyridine rings is 1. The molecule has 1 unspecified atom stereocenters. The lowest BCUT2D eigenvalue weighted by molar-refractivity contribution is 0.0902. The third-order valence-electron chi connectivity index (χ3n) is 3.48. The van der Waals surface area contributed by atoms with E-state index in [0.717, 1.165) is 10.8 Å². The third-order valence-corrected chi connectivity index (χ3v) is 3.48. The van der Waals surface area contributed by atoms with Crippen molar-refractivity contribution in [1.29, 1.82) is 0 Å². The summed E-state index contributed by atoms with van der Waals surface area (Å²) in [5, 5.41) is 4.85. The van der Waals surface area contributed by atoms with E-state index in [1.165, 1.54) is 0 Å². The van der Waals surface area contributed by atoms with Gasteiger partial charge in [0.2, 0.25) is 0 Å². The maximum atomic E-state index is 12.4. The first-order chi connectivity index (χ1) is 9.43.